The second kappa shape index (κ2) is 14.9. The van der Waals surface area contributed by atoms with E-state index in [2.05, 4.69) is 44.4 Å². The maximum Gasteiger partial charge on any atom is 0.314 e. The van der Waals surface area contributed by atoms with E-state index in [1.807, 2.05) is 0 Å². The van der Waals surface area contributed by atoms with Crippen molar-refractivity contribution in [1.29, 1.82) is 0 Å². The zero-order chi connectivity index (χ0) is 25.1. The van der Waals surface area contributed by atoms with Crippen LogP contribution in [0.4, 0.5) is 0 Å². The van der Waals surface area contributed by atoms with Gasteiger partial charge in [-0.25, -0.2) is 0 Å². The summed E-state index contributed by atoms with van der Waals surface area (Å²) in [5.41, 5.74) is 0. The minimum Gasteiger partial charge on any atom is -0.436 e. The molecule has 0 aromatic carbocycles. The Balaban J connectivity index is 0.000000720. The summed E-state index contributed by atoms with van der Waals surface area (Å²) in [5, 5.41) is 8.08. The van der Waals surface area contributed by atoms with Crippen LogP contribution in [0.15, 0.2) is 0 Å². The molecule has 3 unspecified atom stereocenters. The molecule has 0 aromatic rings. The number of hydrogen-bond donors (Lipinski definition) is 1. The van der Waals surface area contributed by atoms with Gasteiger partial charge in [0.15, 0.2) is 16.6 Å². The topological polar surface area (TPSA) is 94.7 Å². The molecule has 3 aliphatic rings. The largest absolute Gasteiger partial charge is 0.436 e. The summed E-state index contributed by atoms with van der Waals surface area (Å²) in [7, 11) is -5.73. The van der Waals surface area contributed by atoms with Crippen LogP contribution in [0.3, 0.4) is 0 Å². The van der Waals surface area contributed by atoms with Crippen LogP contribution in [0.2, 0.25) is 50.9 Å². The fraction of sp³-hybridized carbons (Fsp3) is 1.00. The summed E-state index contributed by atoms with van der Waals surface area (Å²) in [6, 6.07) is 3.31. The number of aliphatic hydroxyl groups is 1. The van der Waals surface area contributed by atoms with Crippen LogP contribution >= 0.6 is 0 Å². The van der Waals surface area contributed by atoms with Gasteiger partial charge in [0.2, 0.25) is 0 Å². The van der Waals surface area contributed by atoms with Gasteiger partial charge in [-0.2, -0.15) is 0 Å². The fourth-order valence-electron chi connectivity index (χ4n) is 3.98. The Hall–Kier alpha value is 0.331. The van der Waals surface area contributed by atoms with Crippen molar-refractivity contribution >= 4 is 25.2 Å². The zero-order valence-electron chi connectivity index (χ0n) is 22.4. The van der Waals surface area contributed by atoms with E-state index in [0.717, 1.165) is 83.6 Å². The molecule has 3 saturated heterocycles. The van der Waals surface area contributed by atoms with Gasteiger partial charge in [-0.15, -0.1) is 0 Å². The second-order valence-corrected chi connectivity index (χ2v) is 23.5. The highest BCUT2D eigenvalue weighted by Gasteiger charge is 2.42. The average Bonchev–Trinajstić information content (AvgIpc) is 3.60. The Morgan fingerprint density at radius 1 is 0.706 bits per heavy atom. The molecule has 1 N–H and O–H groups in total. The second-order valence-electron chi connectivity index (χ2n) is 11.0. The molecule has 0 saturated carbocycles. The molecule has 8 nitrogen and oxygen atoms in total. The van der Waals surface area contributed by atoms with E-state index in [9.17, 15) is 0 Å². The van der Waals surface area contributed by atoms with Crippen LogP contribution in [0, 0.1) is 0 Å². The Bertz CT molecular complexity index is 518. The van der Waals surface area contributed by atoms with Crippen molar-refractivity contribution in [1.82, 2.24) is 0 Å². The van der Waals surface area contributed by atoms with Gasteiger partial charge in [0.25, 0.3) is 0 Å². The van der Waals surface area contributed by atoms with E-state index in [1.54, 1.807) is 0 Å². The van der Waals surface area contributed by atoms with Crippen molar-refractivity contribution in [3.8, 4) is 0 Å². The Labute approximate surface area is 210 Å². The van der Waals surface area contributed by atoms with Crippen LogP contribution < -0.4 is 0 Å². The molecule has 0 radical (unpaired) electrons. The van der Waals surface area contributed by atoms with Crippen molar-refractivity contribution in [3.63, 3.8) is 0 Å². The lowest BCUT2D eigenvalue weighted by molar-refractivity contribution is 0.116. The molecule has 3 fully saturated rings. The van der Waals surface area contributed by atoms with Crippen LogP contribution in [0.25, 0.3) is 0 Å². The first kappa shape index (κ1) is 30.6. The van der Waals surface area contributed by atoms with Crippen molar-refractivity contribution in [3.05, 3.63) is 0 Å². The minimum absolute atomic E-state index is 0.190. The average molecular weight is 539 g/mol. The third-order valence-corrected chi connectivity index (χ3v) is 18.2. The number of epoxide rings is 3. The summed E-state index contributed by atoms with van der Waals surface area (Å²) in [6.07, 6.45) is 4.13. The highest BCUT2D eigenvalue weighted by molar-refractivity contribution is 6.88. The molecule has 3 aliphatic heterocycles. The molecule has 34 heavy (non-hydrogen) atoms. The maximum absolute atomic E-state index is 8.08. The molecule has 3 atom stereocenters. The molecule has 0 bridgehead atoms. The van der Waals surface area contributed by atoms with Gasteiger partial charge in [0, 0.05) is 13.2 Å². The molecule has 202 valence electrons. The fourth-order valence-corrected chi connectivity index (χ4v) is 18.4. The predicted molar refractivity (Wildman–Crippen MR) is 141 cm³/mol. The zero-order valence-corrected chi connectivity index (χ0v) is 25.4. The normalized spacial score (nSPS) is 25.3. The van der Waals surface area contributed by atoms with Gasteiger partial charge in [0.05, 0.1) is 39.6 Å². The third kappa shape index (κ3) is 15.4. The smallest absolute Gasteiger partial charge is 0.314 e. The van der Waals surface area contributed by atoms with Crippen LogP contribution in [0.5, 0.6) is 0 Å². The summed E-state index contributed by atoms with van der Waals surface area (Å²) in [5.74, 6) is 0. The number of hydrogen-bond acceptors (Lipinski definition) is 8. The first-order valence-corrected chi connectivity index (χ1v) is 21.8. The number of ether oxygens (including phenoxy) is 5. The lowest BCUT2D eigenvalue weighted by atomic mass is 10.5. The van der Waals surface area contributed by atoms with E-state index >= 15 is 0 Å². The molecule has 3 rings (SSSR count). The van der Waals surface area contributed by atoms with Gasteiger partial charge in [0.1, 0.15) is 18.3 Å². The first-order chi connectivity index (χ1) is 16.1. The molecule has 11 heteroatoms. The van der Waals surface area contributed by atoms with E-state index in [1.165, 1.54) is 0 Å². The molecular formula is C23H50O8Si3. The molecule has 3 heterocycles. The Morgan fingerprint density at radius 3 is 1.41 bits per heavy atom. The minimum atomic E-state index is -2.17. The monoisotopic (exact) mass is 538 g/mol. The summed E-state index contributed by atoms with van der Waals surface area (Å²) < 4.78 is 40.1. The van der Waals surface area contributed by atoms with E-state index in [0.29, 0.717) is 12.2 Å². The summed E-state index contributed by atoms with van der Waals surface area (Å²) >= 11 is 0. The van der Waals surface area contributed by atoms with Gasteiger partial charge in [-0.3, -0.25) is 0 Å². The number of rotatable bonds is 19. The molecular weight excluding hydrogens is 489 g/mol. The lowest BCUT2D eigenvalue weighted by Crippen LogP contribution is -2.54. The van der Waals surface area contributed by atoms with E-state index in [-0.39, 0.29) is 12.7 Å². The molecule has 0 aromatic heterocycles. The van der Waals surface area contributed by atoms with Crippen LogP contribution in [0.1, 0.15) is 26.2 Å². The van der Waals surface area contributed by atoms with Crippen molar-refractivity contribution in [2.24, 2.45) is 0 Å². The quantitative estimate of drug-likeness (QED) is 0.150. The highest BCUT2D eigenvalue weighted by atomic mass is 28.5. The maximum atomic E-state index is 8.08. The highest BCUT2D eigenvalue weighted by Crippen LogP contribution is 2.29. The van der Waals surface area contributed by atoms with Crippen molar-refractivity contribution in [2.45, 2.75) is 95.4 Å². The van der Waals surface area contributed by atoms with Gasteiger partial charge < -0.3 is 37.0 Å². The Morgan fingerprint density at radius 2 is 1.12 bits per heavy atom. The molecule has 0 amide bonds. The summed E-state index contributed by atoms with van der Waals surface area (Å²) in [6.45, 7) is 19.7. The lowest BCUT2D eigenvalue weighted by Gasteiger charge is -2.41. The Kier molecular flexibility index (Phi) is 13.4. The van der Waals surface area contributed by atoms with E-state index < -0.39 is 25.2 Å². The SMILES string of the molecule is CCC[Si](C)(O[Si](C)(C)CCCOCC1CO1)O[Si](C)(C)CCCOCC1CO1.OCC1CO1. The molecule has 0 spiro atoms. The van der Waals surface area contributed by atoms with Gasteiger partial charge in [-0.05, 0) is 63.7 Å². The van der Waals surface area contributed by atoms with Crippen molar-refractivity contribution < 1.29 is 37.0 Å². The molecule has 0 aliphatic carbocycles. The van der Waals surface area contributed by atoms with Crippen molar-refractivity contribution in [2.75, 3.05) is 52.9 Å². The van der Waals surface area contributed by atoms with Crippen LogP contribution in [-0.2, 0) is 31.9 Å². The number of aliphatic hydroxyl groups excluding tert-OH is 1. The van der Waals surface area contributed by atoms with Gasteiger partial charge >= 0.3 is 8.56 Å². The third-order valence-electron chi connectivity index (χ3n) is 5.84. The predicted octanol–water partition coefficient (Wildman–Crippen LogP) is 3.90. The standard InChI is InChI=1S/C20H44O6Si3.C3H6O2/c1-7-12-29(6,25-27(2,3)13-8-10-21-15-19-17-23-19)26-28(4,5)14-9-11-22-16-20-18-24-20;4-1-3-2-5-3/h19-20H,7-18H2,1-6H3;3-4H,1-2H2. The van der Waals surface area contributed by atoms with Gasteiger partial charge in [-0.1, -0.05) is 13.3 Å². The van der Waals surface area contributed by atoms with Crippen LogP contribution in [-0.4, -0.2) is 101 Å². The summed E-state index contributed by atoms with van der Waals surface area (Å²) in [4.78, 5) is 0. The first-order valence-electron chi connectivity index (χ1n) is 13.1. The van der Waals surface area contributed by atoms with E-state index in [4.69, 9.17) is 32.3 Å².